The van der Waals surface area contributed by atoms with E-state index in [0.29, 0.717) is 12.6 Å². The van der Waals surface area contributed by atoms with Crippen LogP contribution >= 0.6 is 0 Å². The molecule has 0 amide bonds. The van der Waals surface area contributed by atoms with Gasteiger partial charge in [-0.3, -0.25) is 9.79 Å². The predicted molar refractivity (Wildman–Crippen MR) is 78.6 cm³/mol. The number of likely N-dealkylation sites (tertiary alicyclic amines) is 1. The molecule has 0 saturated carbocycles. The molecule has 2 atom stereocenters. The van der Waals surface area contributed by atoms with Crippen molar-refractivity contribution in [3.8, 4) is 6.07 Å². The van der Waals surface area contributed by atoms with Gasteiger partial charge >= 0.3 is 5.97 Å². The maximum atomic E-state index is 11.4. The fourth-order valence-electron chi connectivity index (χ4n) is 2.41. The summed E-state index contributed by atoms with van der Waals surface area (Å²) in [6.45, 7) is 7.15. The molecule has 1 heterocycles. The summed E-state index contributed by atoms with van der Waals surface area (Å²) < 4.78 is 4.80. The average Bonchev–Trinajstić information content (AvgIpc) is 2.45. The number of piperidine rings is 1. The Hall–Kier alpha value is -1.41. The topological polar surface area (TPSA) is 65.7 Å². The van der Waals surface area contributed by atoms with Crippen molar-refractivity contribution in [1.29, 1.82) is 5.26 Å². The van der Waals surface area contributed by atoms with Gasteiger partial charge in [0.2, 0.25) is 0 Å². The molecule has 1 fully saturated rings. The van der Waals surface area contributed by atoms with Crippen LogP contribution in [0.5, 0.6) is 0 Å². The molecule has 1 aliphatic heterocycles. The lowest BCUT2D eigenvalue weighted by Crippen LogP contribution is -2.38. The van der Waals surface area contributed by atoms with E-state index >= 15 is 0 Å². The molecule has 112 valence electrons. The lowest BCUT2D eigenvalue weighted by atomic mass is 10.0. The maximum absolute atomic E-state index is 11.4. The average molecular weight is 279 g/mol. The van der Waals surface area contributed by atoms with Gasteiger partial charge in [0.25, 0.3) is 0 Å². The molecular formula is C15H25N3O2. The number of ether oxygens (including phenoxy) is 1. The van der Waals surface area contributed by atoms with Crippen molar-refractivity contribution < 1.29 is 9.53 Å². The van der Waals surface area contributed by atoms with E-state index in [1.54, 1.807) is 6.92 Å². The Morgan fingerprint density at radius 1 is 1.60 bits per heavy atom. The summed E-state index contributed by atoms with van der Waals surface area (Å²) >= 11 is 0. The first-order valence-corrected chi connectivity index (χ1v) is 7.49. The van der Waals surface area contributed by atoms with Gasteiger partial charge in [0.05, 0.1) is 12.7 Å². The van der Waals surface area contributed by atoms with Crippen molar-refractivity contribution in [3.05, 3.63) is 0 Å². The molecular weight excluding hydrogens is 254 g/mol. The number of nitrogens with zero attached hydrogens (tertiary/aromatic N) is 3. The minimum Gasteiger partial charge on any atom is -0.465 e. The predicted octanol–water partition coefficient (Wildman–Crippen LogP) is 2.02. The molecule has 5 nitrogen and oxygen atoms in total. The molecule has 0 radical (unpaired) electrons. The Labute approximate surface area is 121 Å². The number of carbonyl (C=O) groups excluding carboxylic acids is 1. The molecule has 0 aromatic rings. The number of rotatable bonds is 7. The second-order valence-electron chi connectivity index (χ2n) is 5.15. The van der Waals surface area contributed by atoms with Gasteiger partial charge in [0, 0.05) is 25.3 Å². The highest BCUT2D eigenvalue weighted by Gasteiger charge is 2.17. The van der Waals surface area contributed by atoms with Crippen LogP contribution in [0.1, 0.15) is 39.5 Å². The van der Waals surface area contributed by atoms with Gasteiger partial charge < -0.3 is 9.64 Å². The van der Waals surface area contributed by atoms with Crippen LogP contribution < -0.4 is 0 Å². The smallest absolute Gasteiger partial charge is 0.328 e. The molecule has 0 bridgehead atoms. The van der Waals surface area contributed by atoms with Gasteiger partial charge in [-0.2, -0.15) is 5.26 Å². The zero-order valence-electron chi connectivity index (χ0n) is 12.5. The van der Waals surface area contributed by atoms with Crippen LogP contribution in [0, 0.1) is 17.2 Å². The Morgan fingerprint density at radius 2 is 2.40 bits per heavy atom. The number of hydrogen-bond acceptors (Lipinski definition) is 5. The Bertz CT molecular complexity index is 363. The molecule has 5 heteroatoms. The third-order valence-electron chi connectivity index (χ3n) is 3.61. The molecule has 0 aromatic heterocycles. The molecule has 1 rings (SSSR count). The summed E-state index contributed by atoms with van der Waals surface area (Å²) in [5.41, 5.74) is 0. The van der Waals surface area contributed by atoms with Crippen LogP contribution in [0.2, 0.25) is 0 Å². The Morgan fingerprint density at radius 3 is 3.05 bits per heavy atom. The number of esters is 1. The van der Waals surface area contributed by atoms with Crippen molar-refractivity contribution in [2.75, 3.05) is 26.2 Å². The summed E-state index contributed by atoms with van der Waals surface area (Å²) in [6.07, 6.45) is 6.27. The van der Waals surface area contributed by atoms with Crippen LogP contribution in [0.15, 0.2) is 4.99 Å². The molecule has 0 aliphatic carbocycles. The highest BCUT2D eigenvalue weighted by atomic mass is 16.5. The van der Waals surface area contributed by atoms with E-state index < -0.39 is 11.9 Å². The quantitative estimate of drug-likeness (QED) is 0.406. The number of nitriles is 1. The van der Waals surface area contributed by atoms with Crippen molar-refractivity contribution in [2.45, 2.75) is 45.6 Å². The standard InChI is InChI=1S/C15H25N3O2/c1-3-20-15(19)14(11-16)12-17-8-6-10-18-9-5-4-7-13(18)2/h12-14H,3-10H2,1-2H3/t13-,14-/m0/s1. The SMILES string of the molecule is CCOC(=O)[C@@H](C#N)C=NCCCN1CCCC[C@@H]1C. The monoisotopic (exact) mass is 279 g/mol. The van der Waals surface area contributed by atoms with Crippen molar-refractivity contribution >= 4 is 12.2 Å². The van der Waals surface area contributed by atoms with Crippen molar-refractivity contribution in [2.24, 2.45) is 10.9 Å². The first-order chi connectivity index (χ1) is 9.69. The number of aliphatic imine (C=N–C) groups is 1. The van der Waals surface area contributed by atoms with Gasteiger partial charge in [-0.25, -0.2) is 0 Å². The van der Waals surface area contributed by atoms with Gasteiger partial charge in [0.15, 0.2) is 5.92 Å². The van der Waals surface area contributed by atoms with E-state index in [-0.39, 0.29) is 6.61 Å². The lowest BCUT2D eigenvalue weighted by Gasteiger charge is -2.33. The second-order valence-corrected chi connectivity index (χ2v) is 5.15. The van der Waals surface area contributed by atoms with Crippen LogP contribution in [-0.2, 0) is 9.53 Å². The molecule has 0 N–H and O–H groups in total. The zero-order chi connectivity index (χ0) is 14.8. The molecule has 0 spiro atoms. The van der Waals surface area contributed by atoms with Gasteiger partial charge in [-0.05, 0) is 39.7 Å². The highest BCUT2D eigenvalue weighted by Crippen LogP contribution is 2.16. The van der Waals surface area contributed by atoms with Crippen LogP contribution in [-0.4, -0.2) is 49.4 Å². The Balaban J connectivity index is 2.23. The fourth-order valence-corrected chi connectivity index (χ4v) is 2.41. The van der Waals surface area contributed by atoms with E-state index in [4.69, 9.17) is 10.00 Å². The van der Waals surface area contributed by atoms with Crippen LogP contribution in [0.3, 0.4) is 0 Å². The molecule has 20 heavy (non-hydrogen) atoms. The summed E-state index contributed by atoms with van der Waals surface area (Å²) in [7, 11) is 0. The first-order valence-electron chi connectivity index (χ1n) is 7.49. The molecule has 0 aromatic carbocycles. The fraction of sp³-hybridized carbons (Fsp3) is 0.800. The van der Waals surface area contributed by atoms with E-state index in [9.17, 15) is 4.79 Å². The second kappa shape index (κ2) is 9.49. The molecule has 1 aliphatic rings. The number of hydrogen-bond donors (Lipinski definition) is 0. The summed E-state index contributed by atoms with van der Waals surface area (Å²) in [6, 6.07) is 2.57. The maximum Gasteiger partial charge on any atom is 0.328 e. The third-order valence-corrected chi connectivity index (χ3v) is 3.61. The summed E-state index contributed by atoms with van der Waals surface area (Å²) in [5.74, 6) is -1.38. The minimum atomic E-state index is -0.871. The molecule has 1 saturated heterocycles. The third kappa shape index (κ3) is 5.70. The largest absolute Gasteiger partial charge is 0.465 e. The summed E-state index contributed by atoms with van der Waals surface area (Å²) in [5, 5.41) is 8.87. The number of carbonyl (C=O) groups is 1. The minimum absolute atomic E-state index is 0.289. The lowest BCUT2D eigenvalue weighted by molar-refractivity contribution is -0.143. The van der Waals surface area contributed by atoms with Crippen LogP contribution in [0.4, 0.5) is 0 Å². The Kier molecular flexibility index (Phi) is 7.89. The van der Waals surface area contributed by atoms with Gasteiger partial charge in [-0.15, -0.1) is 0 Å². The zero-order valence-corrected chi connectivity index (χ0v) is 12.5. The highest BCUT2D eigenvalue weighted by molar-refractivity contribution is 5.92. The summed E-state index contributed by atoms with van der Waals surface area (Å²) in [4.78, 5) is 18.1. The van der Waals surface area contributed by atoms with E-state index in [2.05, 4.69) is 16.8 Å². The van der Waals surface area contributed by atoms with Crippen molar-refractivity contribution in [3.63, 3.8) is 0 Å². The normalized spacial score (nSPS) is 21.6. The van der Waals surface area contributed by atoms with E-state index in [0.717, 1.165) is 13.0 Å². The van der Waals surface area contributed by atoms with Crippen LogP contribution in [0.25, 0.3) is 0 Å². The van der Waals surface area contributed by atoms with Crippen molar-refractivity contribution in [1.82, 2.24) is 4.90 Å². The van der Waals surface area contributed by atoms with E-state index in [1.807, 2.05) is 6.07 Å². The van der Waals surface area contributed by atoms with Gasteiger partial charge in [-0.1, -0.05) is 6.42 Å². The van der Waals surface area contributed by atoms with E-state index in [1.165, 1.54) is 32.0 Å². The van der Waals surface area contributed by atoms with Gasteiger partial charge in [0.1, 0.15) is 0 Å². The first kappa shape index (κ1) is 16.6. The molecule has 0 unspecified atom stereocenters.